The van der Waals surface area contributed by atoms with Gasteiger partial charge in [-0.15, -0.1) is 13.2 Å². The number of guanidine groups is 1. The summed E-state index contributed by atoms with van der Waals surface area (Å²) in [7, 11) is 4.12. The number of anilines is 1. The van der Waals surface area contributed by atoms with Crippen molar-refractivity contribution in [1.29, 1.82) is 0 Å². The minimum atomic E-state index is -4.75. The first-order valence-corrected chi connectivity index (χ1v) is 8.34. The highest BCUT2D eigenvalue weighted by molar-refractivity contribution is 5.93. The zero-order chi connectivity index (χ0) is 18.7. The lowest BCUT2D eigenvalue weighted by Crippen LogP contribution is -2.24. The molecule has 0 heterocycles. The van der Waals surface area contributed by atoms with Gasteiger partial charge in [0.1, 0.15) is 0 Å². The molecule has 8 heteroatoms. The molecule has 0 fully saturated rings. The van der Waals surface area contributed by atoms with Gasteiger partial charge in [-0.25, -0.2) is 0 Å². The lowest BCUT2D eigenvalue weighted by atomic mass is 10.1. The summed E-state index contributed by atoms with van der Waals surface area (Å²) in [5.41, 5.74) is 5.86. The highest BCUT2D eigenvalue weighted by Gasteiger charge is 2.32. The molecule has 0 aromatic heterocycles. The molecule has 1 rings (SSSR count). The molecule has 142 valence electrons. The summed E-state index contributed by atoms with van der Waals surface area (Å²) < 4.78 is 41.0. The van der Waals surface area contributed by atoms with Gasteiger partial charge in [-0.1, -0.05) is 31.4 Å². The fourth-order valence-electron chi connectivity index (χ4n) is 2.23. The standard InChI is InChI=1S/C17H27F3N4O/c1-24(2)13-9-5-3-4-8-12-22-16(21)23-14-10-6-7-11-15(14)25-17(18,19)20/h6-7,10-11H,3-5,8-9,12-13H2,1-2H3,(H3,21,22,23). The van der Waals surface area contributed by atoms with E-state index < -0.39 is 6.36 Å². The Hall–Kier alpha value is -1.96. The van der Waals surface area contributed by atoms with Crippen molar-refractivity contribution in [3.05, 3.63) is 24.3 Å². The molecule has 0 bridgehead atoms. The maximum absolute atomic E-state index is 12.4. The van der Waals surface area contributed by atoms with Gasteiger partial charge >= 0.3 is 6.36 Å². The van der Waals surface area contributed by atoms with Gasteiger partial charge in [0.15, 0.2) is 11.7 Å². The predicted octanol–water partition coefficient (Wildman–Crippen LogP) is 3.82. The summed E-state index contributed by atoms with van der Waals surface area (Å²) in [6, 6.07) is 5.72. The van der Waals surface area contributed by atoms with E-state index in [9.17, 15) is 13.2 Å². The molecule has 0 amide bonds. The Morgan fingerprint density at radius 2 is 1.76 bits per heavy atom. The number of hydrogen-bond donors (Lipinski definition) is 2. The van der Waals surface area contributed by atoms with Crippen LogP contribution in [0.1, 0.15) is 32.1 Å². The number of para-hydroxylation sites is 2. The molecule has 0 radical (unpaired) electrons. The van der Waals surface area contributed by atoms with E-state index >= 15 is 0 Å². The first kappa shape index (κ1) is 21.1. The predicted molar refractivity (Wildman–Crippen MR) is 94.9 cm³/mol. The maximum Gasteiger partial charge on any atom is 0.573 e. The van der Waals surface area contributed by atoms with Crippen molar-refractivity contribution < 1.29 is 17.9 Å². The van der Waals surface area contributed by atoms with Crippen LogP contribution in [0.5, 0.6) is 5.75 Å². The zero-order valence-corrected chi connectivity index (χ0v) is 14.8. The van der Waals surface area contributed by atoms with Crippen LogP contribution in [-0.4, -0.2) is 44.4 Å². The first-order chi connectivity index (χ1) is 11.8. The number of ether oxygens (including phenoxy) is 1. The lowest BCUT2D eigenvalue weighted by Gasteiger charge is -2.14. The number of nitrogens with two attached hydrogens (primary N) is 1. The van der Waals surface area contributed by atoms with Crippen molar-refractivity contribution in [1.82, 2.24) is 4.90 Å². The monoisotopic (exact) mass is 360 g/mol. The molecular formula is C17H27F3N4O. The molecule has 0 saturated heterocycles. The number of alkyl halides is 3. The average Bonchev–Trinajstić information content (AvgIpc) is 2.50. The van der Waals surface area contributed by atoms with Crippen molar-refractivity contribution in [2.75, 3.05) is 32.5 Å². The fraction of sp³-hybridized carbons (Fsp3) is 0.588. The van der Waals surface area contributed by atoms with Crippen LogP contribution in [-0.2, 0) is 0 Å². The molecule has 25 heavy (non-hydrogen) atoms. The van der Waals surface area contributed by atoms with Crippen molar-refractivity contribution in [2.45, 2.75) is 38.5 Å². The van der Waals surface area contributed by atoms with Crippen molar-refractivity contribution in [2.24, 2.45) is 10.7 Å². The highest BCUT2D eigenvalue weighted by atomic mass is 19.4. The van der Waals surface area contributed by atoms with E-state index in [1.807, 2.05) is 0 Å². The second-order valence-electron chi connectivity index (χ2n) is 6.01. The van der Waals surface area contributed by atoms with Crippen molar-refractivity contribution >= 4 is 11.6 Å². The highest BCUT2D eigenvalue weighted by Crippen LogP contribution is 2.29. The molecule has 0 atom stereocenters. The Bertz CT molecular complexity index is 533. The van der Waals surface area contributed by atoms with Gasteiger partial charge in [0, 0.05) is 6.54 Å². The van der Waals surface area contributed by atoms with Gasteiger partial charge in [-0.3, -0.25) is 4.99 Å². The normalized spacial score (nSPS) is 12.5. The molecule has 0 spiro atoms. The van der Waals surface area contributed by atoms with E-state index in [2.05, 4.69) is 34.0 Å². The van der Waals surface area contributed by atoms with Crippen molar-refractivity contribution in [3.8, 4) is 5.75 Å². The van der Waals surface area contributed by atoms with E-state index in [0.717, 1.165) is 25.8 Å². The van der Waals surface area contributed by atoms with Crippen LogP contribution in [0, 0.1) is 0 Å². The molecular weight excluding hydrogens is 333 g/mol. The SMILES string of the molecule is CN(C)CCCCCCCN=C(N)Nc1ccccc1OC(F)(F)F. The van der Waals surface area contributed by atoms with Gasteiger partial charge in [0.25, 0.3) is 0 Å². The van der Waals surface area contributed by atoms with E-state index in [-0.39, 0.29) is 17.4 Å². The molecule has 0 unspecified atom stereocenters. The molecule has 0 saturated carbocycles. The number of halogens is 3. The number of nitrogens with zero attached hydrogens (tertiary/aromatic N) is 2. The Morgan fingerprint density at radius 3 is 2.44 bits per heavy atom. The van der Waals surface area contributed by atoms with Crippen molar-refractivity contribution in [3.63, 3.8) is 0 Å². The summed E-state index contributed by atoms with van der Waals surface area (Å²) in [6.07, 6.45) is 0.686. The number of benzene rings is 1. The largest absolute Gasteiger partial charge is 0.573 e. The van der Waals surface area contributed by atoms with Gasteiger partial charge in [-0.2, -0.15) is 0 Å². The maximum atomic E-state index is 12.4. The Labute approximate surface area is 147 Å². The van der Waals surface area contributed by atoms with Gasteiger partial charge < -0.3 is 20.7 Å². The minimum absolute atomic E-state index is 0.0748. The summed E-state index contributed by atoms with van der Waals surface area (Å²) >= 11 is 0. The van der Waals surface area contributed by atoms with Crippen LogP contribution in [0.15, 0.2) is 29.3 Å². The quantitative estimate of drug-likeness (QED) is 0.378. The Balaban J connectivity index is 2.34. The molecule has 3 N–H and O–H groups in total. The number of unbranched alkanes of at least 4 members (excludes halogenated alkanes) is 4. The van der Waals surface area contributed by atoms with E-state index in [1.54, 1.807) is 6.07 Å². The fourth-order valence-corrected chi connectivity index (χ4v) is 2.23. The summed E-state index contributed by atoms with van der Waals surface area (Å²) in [5, 5.41) is 2.65. The molecule has 0 aliphatic rings. The zero-order valence-electron chi connectivity index (χ0n) is 14.8. The molecule has 0 aliphatic carbocycles. The number of nitrogens with one attached hydrogen (secondary N) is 1. The smallest absolute Gasteiger partial charge is 0.404 e. The van der Waals surface area contributed by atoms with Crippen LogP contribution in [0.2, 0.25) is 0 Å². The molecule has 1 aromatic carbocycles. The van der Waals surface area contributed by atoms with E-state index in [4.69, 9.17) is 5.73 Å². The Kier molecular flexibility index (Phi) is 9.12. The molecule has 5 nitrogen and oxygen atoms in total. The second kappa shape index (κ2) is 10.8. The Morgan fingerprint density at radius 1 is 1.12 bits per heavy atom. The first-order valence-electron chi connectivity index (χ1n) is 8.34. The third-order valence-corrected chi connectivity index (χ3v) is 3.42. The van der Waals surface area contributed by atoms with Crippen LogP contribution in [0.4, 0.5) is 18.9 Å². The second-order valence-corrected chi connectivity index (χ2v) is 6.01. The minimum Gasteiger partial charge on any atom is -0.404 e. The summed E-state index contributed by atoms with van der Waals surface area (Å²) in [6.45, 7) is 1.63. The number of hydrogen-bond acceptors (Lipinski definition) is 3. The topological polar surface area (TPSA) is 62.9 Å². The third kappa shape index (κ3) is 10.5. The van der Waals surface area contributed by atoms with Gasteiger partial charge in [-0.05, 0) is 45.6 Å². The summed E-state index contributed by atoms with van der Waals surface area (Å²) in [5.74, 6) is -0.264. The van der Waals surface area contributed by atoms with E-state index in [0.29, 0.717) is 6.54 Å². The van der Waals surface area contributed by atoms with Crippen LogP contribution in [0.25, 0.3) is 0 Å². The van der Waals surface area contributed by atoms with Crippen LogP contribution >= 0.6 is 0 Å². The average molecular weight is 360 g/mol. The van der Waals surface area contributed by atoms with Crippen LogP contribution in [0.3, 0.4) is 0 Å². The van der Waals surface area contributed by atoms with Gasteiger partial charge in [0.2, 0.25) is 0 Å². The third-order valence-electron chi connectivity index (χ3n) is 3.42. The van der Waals surface area contributed by atoms with E-state index in [1.165, 1.54) is 31.0 Å². The van der Waals surface area contributed by atoms with Crippen LogP contribution < -0.4 is 15.8 Å². The molecule has 1 aromatic rings. The number of aliphatic imine (C=N–C) groups is 1. The lowest BCUT2D eigenvalue weighted by molar-refractivity contribution is -0.274. The molecule has 0 aliphatic heterocycles. The summed E-state index contributed by atoms with van der Waals surface area (Å²) in [4.78, 5) is 6.31. The van der Waals surface area contributed by atoms with Gasteiger partial charge in [0.05, 0.1) is 5.69 Å². The number of rotatable bonds is 10.